The number of hydrogen-bond donors (Lipinski definition) is 1. The summed E-state index contributed by atoms with van der Waals surface area (Å²) in [5.41, 5.74) is 0. The molecular formula is C4H11Br2N. The quantitative estimate of drug-likeness (QED) is 0.576. The summed E-state index contributed by atoms with van der Waals surface area (Å²) in [6, 6.07) is 0. The number of hydrogen-bond acceptors (Lipinski definition) is 1. The lowest BCUT2D eigenvalue weighted by Crippen LogP contribution is -2.14. The molecule has 0 aliphatic carbocycles. The lowest BCUT2D eigenvalue weighted by Gasteiger charge is -1.90. The minimum Gasteiger partial charge on any atom is -0.316 e. The van der Waals surface area contributed by atoms with Crippen molar-refractivity contribution in [3.63, 3.8) is 0 Å². The molecular weight excluding hydrogens is 222 g/mol. The fraction of sp³-hybridized carbons (Fsp3) is 1.00. The summed E-state index contributed by atoms with van der Waals surface area (Å²) >= 11 is 3.29. The van der Waals surface area contributed by atoms with Crippen molar-refractivity contribution in [2.75, 3.05) is 18.4 Å². The van der Waals surface area contributed by atoms with E-state index >= 15 is 0 Å². The summed E-state index contributed by atoms with van der Waals surface area (Å²) in [7, 11) is 0. The van der Waals surface area contributed by atoms with Gasteiger partial charge in [0.1, 0.15) is 0 Å². The normalized spacial score (nSPS) is 7.71. The van der Waals surface area contributed by atoms with Gasteiger partial charge in [-0.3, -0.25) is 0 Å². The highest BCUT2D eigenvalue weighted by atomic mass is 79.9. The number of nitrogens with one attached hydrogen (secondary N) is 1. The molecule has 1 nitrogen and oxygen atoms in total. The van der Waals surface area contributed by atoms with E-state index in [1.54, 1.807) is 0 Å². The van der Waals surface area contributed by atoms with Gasteiger partial charge in [-0.15, -0.1) is 17.0 Å². The number of halogens is 2. The van der Waals surface area contributed by atoms with Crippen LogP contribution in [0.3, 0.4) is 0 Å². The van der Waals surface area contributed by atoms with Crippen molar-refractivity contribution in [3.8, 4) is 0 Å². The third-order valence-electron chi connectivity index (χ3n) is 0.521. The van der Waals surface area contributed by atoms with Crippen molar-refractivity contribution < 1.29 is 0 Å². The second-order valence-corrected chi connectivity index (χ2v) is 1.84. The van der Waals surface area contributed by atoms with Gasteiger partial charge in [0, 0.05) is 11.9 Å². The third-order valence-corrected chi connectivity index (χ3v) is 0.918. The first-order chi connectivity index (χ1) is 2.91. The van der Waals surface area contributed by atoms with Crippen molar-refractivity contribution in [1.29, 1.82) is 0 Å². The van der Waals surface area contributed by atoms with Crippen LogP contribution in [0.5, 0.6) is 0 Å². The molecule has 0 saturated carbocycles. The van der Waals surface area contributed by atoms with E-state index in [4.69, 9.17) is 0 Å². The zero-order valence-electron chi connectivity index (χ0n) is 4.41. The highest BCUT2D eigenvalue weighted by Crippen LogP contribution is 1.72. The predicted octanol–water partition coefficient (Wildman–Crippen LogP) is 1.57. The summed E-state index contributed by atoms with van der Waals surface area (Å²) in [5, 5.41) is 4.21. The van der Waals surface area contributed by atoms with E-state index in [1.165, 1.54) is 0 Å². The van der Waals surface area contributed by atoms with E-state index < -0.39 is 0 Å². The van der Waals surface area contributed by atoms with Crippen LogP contribution in [0, 0.1) is 0 Å². The molecule has 0 unspecified atom stereocenters. The van der Waals surface area contributed by atoms with Crippen LogP contribution in [0.15, 0.2) is 0 Å². The van der Waals surface area contributed by atoms with Crippen LogP contribution >= 0.6 is 32.9 Å². The van der Waals surface area contributed by atoms with Crippen LogP contribution in [0.1, 0.15) is 6.92 Å². The van der Waals surface area contributed by atoms with Gasteiger partial charge in [-0.05, 0) is 6.54 Å². The van der Waals surface area contributed by atoms with E-state index in [0.29, 0.717) is 0 Å². The molecule has 0 amide bonds. The smallest absolute Gasteiger partial charge is 0.0157 e. The Bertz CT molecular complexity index is 21.7. The molecule has 0 atom stereocenters. The molecule has 1 N–H and O–H groups in total. The monoisotopic (exact) mass is 231 g/mol. The van der Waals surface area contributed by atoms with Gasteiger partial charge in [0.05, 0.1) is 0 Å². The topological polar surface area (TPSA) is 12.0 Å². The van der Waals surface area contributed by atoms with Gasteiger partial charge >= 0.3 is 0 Å². The first-order valence-corrected chi connectivity index (χ1v) is 3.30. The van der Waals surface area contributed by atoms with E-state index in [0.717, 1.165) is 18.4 Å². The van der Waals surface area contributed by atoms with E-state index in [2.05, 4.69) is 28.2 Å². The van der Waals surface area contributed by atoms with Crippen LogP contribution in [0.4, 0.5) is 0 Å². The van der Waals surface area contributed by atoms with Crippen molar-refractivity contribution >= 4 is 32.9 Å². The molecule has 0 aromatic carbocycles. The lowest BCUT2D eigenvalue weighted by molar-refractivity contribution is 0.771. The highest BCUT2D eigenvalue weighted by Gasteiger charge is 1.72. The van der Waals surface area contributed by atoms with Crippen LogP contribution in [-0.4, -0.2) is 18.4 Å². The Morgan fingerprint density at radius 3 is 2.29 bits per heavy atom. The molecule has 0 aromatic rings. The Morgan fingerprint density at radius 2 is 2.14 bits per heavy atom. The molecule has 0 spiro atoms. The van der Waals surface area contributed by atoms with Crippen LogP contribution in [0.25, 0.3) is 0 Å². The number of alkyl halides is 1. The Morgan fingerprint density at radius 1 is 1.57 bits per heavy atom. The van der Waals surface area contributed by atoms with Crippen LogP contribution in [-0.2, 0) is 0 Å². The van der Waals surface area contributed by atoms with E-state index in [-0.39, 0.29) is 17.0 Å². The molecule has 0 aliphatic heterocycles. The molecule has 0 heterocycles. The fourth-order valence-electron chi connectivity index (χ4n) is 0.244. The summed E-state index contributed by atoms with van der Waals surface area (Å²) in [6.07, 6.45) is 0. The maximum Gasteiger partial charge on any atom is 0.0157 e. The molecule has 0 radical (unpaired) electrons. The SMILES string of the molecule is Br.CCNCCBr. The Balaban J connectivity index is 0. The van der Waals surface area contributed by atoms with Gasteiger partial charge in [-0.25, -0.2) is 0 Å². The van der Waals surface area contributed by atoms with Crippen LogP contribution < -0.4 is 5.32 Å². The highest BCUT2D eigenvalue weighted by molar-refractivity contribution is 9.09. The molecule has 0 fully saturated rings. The maximum absolute atomic E-state index is 3.29. The van der Waals surface area contributed by atoms with Gasteiger partial charge < -0.3 is 5.32 Å². The third kappa shape index (κ3) is 10.9. The second kappa shape index (κ2) is 10.0. The second-order valence-electron chi connectivity index (χ2n) is 1.04. The molecule has 0 rings (SSSR count). The van der Waals surface area contributed by atoms with Crippen molar-refractivity contribution in [1.82, 2.24) is 5.32 Å². The zero-order chi connectivity index (χ0) is 4.83. The average molecular weight is 233 g/mol. The van der Waals surface area contributed by atoms with Gasteiger partial charge in [0.15, 0.2) is 0 Å². The summed E-state index contributed by atoms with van der Waals surface area (Å²) in [4.78, 5) is 0. The van der Waals surface area contributed by atoms with Crippen molar-refractivity contribution in [2.45, 2.75) is 6.92 Å². The minimum atomic E-state index is 0. The van der Waals surface area contributed by atoms with Crippen molar-refractivity contribution in [3.05, 3.63) is 0 Å². The Labute approximate surface area is 63.8 Å². The molecule has 46 valence electrons. The zero-order valence-corrected chi connectivity index (χ0v) is 7.71. The van der Waals surface area contributed by atoms with Gasteiger partial charge in [0.25, 0.3) is 0 Å². The number of rotatable bonds is 3. The van der Waals surface area contributed by atoms with Crippen LogP contribution in [0.2, 0.25) is 0 Å². The first-order valence-electron chi connectivity index (χ1n) is 2.18. The molecule has 7 heavy (non-hydrogen) atoms. The summed E-state index contributed by atoms with van der Waals surface area (Å²) in [5.74, 6) is 0. The van der Waals surface area contributed by atoms with Gasteiger partial charge in [0.2, 0.25) is 0 Å². The largest absolute Gasteiger partial charge is 0.316 e. The predicted molar refractivity (Wildman–Crippen MR) is 42.7 cm³/mol. The lowest BCUT2D eigenvalue weighted by atomic mass is 10.7. The Hall–Kier alpha value is 0.920. The maximum atomic E-state index is 3.29. The van der Waals surface area contributed by atoms with Gasteiger partial charge in [-0.2, -0.15) is 0 Å². The molecule has 3 heteroatoms. The molecule has 0 saturated heterocycles. The average Bonchev–Trinajstić information content (AvgIpc) is 1.61. The summed E-state index contributed by atoms with van der Waals surface area (Å²) in [6.45, 7) is 4.25. The minimum absolute atomic E-state index is 0. The van der Waals surface area contributed by atoms with Crippen molar-refractivity contribution in [2.24, 2.45) is 0 Å². The molecule has 0 aliphatic rings. The van der Waals surface area contributed by atoms with Gasteiger partial charge in [-0.1, -0.05) is 22.9 Å². The van der Waals surface area contributed by atoms with E-state index in [9.17, 15) is 0 Å². The fourth-order valence-corrected chi connectivity index (χ4v) is 0.524. The Kier molecular flexibility index (Phi) is 15.5. The standard InChI is InChI=1S/C4H10BrN.BrH/c1-2-6-4-3-5;/h6H,2-4H2,1H3;1H. The first kappa shape index (κ1) is 10.8. The molecule has 0 aromatic heterocycles. The summed E-state index contributed by atoms with van der Waals surface area (Å²) < 4.78 is 0. The molecule has 0 bridgehead atoms. The van der Waals surface area contributed by atoms with E-state index in [1.807, 2.05) is 0 Å².